The number of ether oxygens (including phenoxy) is 1. The molecule has 8 heteroatoms. The Hall–Kier alpha value is -3.16. The predicted molar refractivity (Wildman–Crippen MR) is 74.7 cm³/mol. The van der Waals surface area contributed by atoms with E-state index in [4.69, 9.17) is 15.7 Å². The SMILES string of the molecule is Cc1c(Oc2cc(/C(N)=N/O)ccn2)cccc1[N+](=O)[O-]. The summed E-state index contributed by atoms with van der Waals surface area (Å²) in [6.07, 6.45) is 1.43. The van der Waals surface area contributed by atoms with Crippen molar-refractivity contribution < 1.29 is 14.9 Å². The van der Waals surface area contributed by atoms with Crippen molar-refractivity contribution >= 4 is 11.5 Å². The highest BCUT2D eigenvalue weighted by Crippen LogP contribution is 2.30. The van der Waals surface area contributed by atoms with E-state index in [1.165, 1.54) is 24.4 Å². The van der Waals surface area contributed by atoms with Gasteiger partial charge in [0.15, 0.2) is 5.84 Å². The van der Waals surface area contributed by atoms with Gasteiger partial charge in [0.05, 0.1) is 10.5 Å². The van der Waals surface area contributed by atoms with Crippen LogP contribution in [0.15, 0.2) is 41.7 Å². The Morgan fingerprint density at radius 3 is 2.90 bits per heavy atom. The van der Waals surface area contributed by atoms with Crippen LogP contribution in [0.1, 0.15) is 11.1 Å². The minimum absolute atomic E-state index is 0.0416. The molecule has 8 nitrogen and oxygen atoms in total. The van der Waals surface area contributed by atoms with Crippen molar-refractivity contribution in [1.82, 2.24) is 4.98 Å². The van der Waals surface area contributed by atoms with E-state index < -0.39 is 4.92 Å². The third-order valence-corrected chi connectivity index (χ3v) is 2.81. The Balaban J connectivity index is 2.35. The lowest BCUT2D eigenvalue weighted by atomic mass is 10.2. The molecule has 0 fully saturated rings. The number of nitrogens with zero attached hydrogens (tertiary/aromatic N) is 3. The minimum Gasteiger partial charge on any atom is -0.438 e. The second-order valence-electron chi connectivity index (χ2n) is 4.13. The van der Waals surface area contributed by atoms with Gasteiger partial charge < -0.3 is 15.7 Å². The van der Waals surface area contributed by atoms with E-state index in [0.29, 0.717) is 16.9 Å². The smallest absolute Gasteiger partial charge is 0.276 e. The van der Waals surface area contributed by atoms with Crippen LogP contribution in [0.2, 0.25) is 0 Å². The standard InChI is InChI=1S/C13H12N4O4/c1-8-10(17(19)20)3-2-4-11(8)21-12-7-9(5-6-15-12)13(14)16-18/h2-7,18H,1H3,(H2,14,16). The van der Waals surface area contributed by atoms with Gasteiger partial charge in [0.1, 0.15) is 5.75 Å². The zero-order chi connectivity index (χ0) is 15.4. The van der Waals surface area contributed by atoms with Crippen LogP contribution in [0.3, 0.4) is 0 Å². The lowest BCUT2D eigenvalue weighted by Gasteiger charge is -2.08. The van der Waals surface area contributed by atoms with Crippen molar-refractivity contribution in [1.29, 1.82) is 0 Å². The number of pyridine rings is 1. The number of benzene rings is 1. The van der Waals surface area contributed by atoms with Gasteiger partial charge >= 0.3 is 0 Å². The zero-order valence-corrected chi connectivity index (χ0v) is 11.1. The molecule has 0 aliphatic rings. The lowest BCUT2D eigenvalue weighted by Crippen LogP contribution is -2.13. The van der Waals surface area contributed by atoms with Gasteiger partial charge in [-0.3, -0.25) is 10.1 Å². The van der Waals surface area contributed by atoms with E-state index in [-0.39, 0.29) is 17.4 Å². The third kappa shape index (κ3) is 3.06. The molecule has 0 aliphatic carbocycles. The van der Waals surface area contributed by atoms with Crippen LogP contribution in [0.25, 0.3) is 0 Å². The van der Waals surface area contributed by atoms with Crippen LogP contribution in [-0.2, 0) is 0 Å². The highest BCUT2D eigenvalue weighted by atomic mass is 16.6. The second kappa shape index (κ2) is 5.87. The molecule has 0 saturated heterocycles. The van der Waals surface area contributed by atoms with E-state index in [1.807, 2.05) is 0 Å². The Kier molecular flexibility index (Phi) is 3.98. The fourth-order valence-corrected chi connectivity index (χ4v) is 1.71. The Bertz CT molecular complexity index is 715. The molecule has 1 aromatic heterocycles. The Labute approximate surface area is 119 Å². The maximum atomic E-state index is 10.9. The van der Waals surface area contributed by atoms with Gasteiger partial charge in [-0.2, -0.15) is 0 Å². The molecule has 0 saturated carbocycles. The molecule has 0 radical (unpaired) electrons. The van der Waals surface area contributed by atoms with Gasteiger partial charge in [0.25, 0.3) is 5.69 Å². The van der Waals surface area contributed by atoms with Gasteiger partial charge in [0.2, 0.25) is 5.88 Å². The summed E-state index contributed by atoms with van der Waals surface area (Å²) in [5.41, 5.74) is 6.25. The van der Waals surface area contributed by atoms with Gasteiger partial charge in [-0.25, -0.2) is 4.98 Å². The summed E-state index contributed by atoms with van der Waals surface area (Å²) in [6, 6.07) is 7.52. The molecule has 0 amide bonds. The molecule has 2 rings (SSSR count). The van der Waals surface area contributed by atoms with Crippen LogP contribution < -0.4 is 10.5 Å². The summed E-state index contributed by atoms with van der Waals surface area (Å²) >= 11 is 0. The molecule has 0 spiro atoms. The number of aromatic nitrogens is 1. The van der Waals surface area contributed by atoms with Crippen molar-refractivity contribution in [3.05, 3.63) is 57.8 Å². The maximum absolute atomic E-state index is 10.9. The molecule has 2 aromatic rings. The number of hydrogen-bond donors (Lipinski definition) is 2. The van der Waals surface area contributed by atoms with Crippen molar-refractivity contribution in [2.24, 2.45) is 10.9 Å². The first-order chi connectivity index (χ1) is 10.0. The number of oxime groups is 1. The summed E-state index contributed by atoms with van der Waals surface area (Å²) in [7, 11) is 0. The summed E-state index contributed by atoms with van der Waals surface area (Å²) in [6.45, 7) is 1.58. The Morgan fingerprint density at radius 1 is 1.48 bits per heavy atom. The van der Waals surface area contributed by atoms with E-state index in [0.717, 1.165) is 0 Å². The van der Waals surface area contributed by atoms with Gasteiger partial charge in [0, 0.05) is 23.9 Å². The first-order valence-corrected chi connectivity index (χ1v) is 5.88. The molecule has 0 atom stereocenters. The zero-order valence-electron chi connectivity index (χ0n) is 11.1. The lowest BCUT2D eigenvalue weighted by molar-refractivity contribution is -0.385. The van der Waals surface area contributed by atoms with E-state index >= 15 is 0 Å². The predicted octanol–water partition coefficient (Wildman–Crippen LogP) is 2.19. The molecule has 0 unspecified atom stereocenters. The minimum atomic E-state index is -0.484. The maximum Gasteiger partial charge on any atom is 0.276 e. The molecule has 108 valence electrons. The molecule has 21 heavy (non-hydrogen) atoms. The van der Waals surface area contributed by atoms with Gasteiger partial charge in [-0.05, 0) is 19.1 Å². The highest BCUT2D eigenvalue weighted by Gasteiger charge is 2.15. The molecule has 1 heterocycles. The molecule has 3 N–H and O–H groups in total. The topological polar surface area (TPSA) is 124 Å². The second-order valence-corrected chi connectivity index (χ2v) is 4.13. The number of nitrogens with two attached hydrogens (primary N) is 1. The van der Waals surface area contributed by atoms with Gasteiger partial charge in [-0.1, -0.05) is 11.2 Å². The van der Waals surface area contributed by atoms with Crippen LogP contribution in [-0.4, -0.2) is 21.0 Å². The first kappa shape index (κ1) is 14.3. The third-order valence-electron chi connectivity index (χ3n) is 2.81. The highest BCUT2D eigenvalue weighted by molar-refractivity contribution is 5.97. The normalized spacial score (nSPS) is 11.2. The largest absolute Gasteiger partial charge is 0.438 e. The first-order valence-electron chi connectivity index (χ1n) is 5.88. The summed E-state index contributed by atoms with van der Waals surface area (Å²) in [5.74, 6) is 0.411. The number of rotatable bonds is 4. The summed E-state index contributed by atoms with van der Waals surface area (Å²) in [5, 5.41) is 22.4. The molecule has 1 aromatic carbocycles. The summed E-state index contributed by atoms with van der Waals surface area (Å²) in [4.78, 5) is 14.4. The van der Waals surface area contributed by atoms with Crippen molar-refractivity contribution in [3.63, 3.8) is 0 Å². The molecule has 0 aliphatic heterocycles. The van der Waals surface area contributed by atoms with Crippen molar-refractivity contribution in [3.8, 4) is 11.6 Å². The average molecular weight is 288 g/mol. The van der Waals surface area contributed by atoms with Crippen LogP contribution >= 0.6 is 0 Å². The van der Waals surface area contributed by atoms with Crippen LogP contribution in [0, 0.1) is 17.0 Å². The number of nitro groups is 1. The molecular weight excluding hydrogens is 276 g/mol. The van der Waals surface area contributed by atoms with Crippen LogP contribution in [0.5, 0.6) is 11.6 Å². The van der Waals surface area contributed by atoms with Crippen molar-refractivity contribution in [2.75, 3.05) is 0 Å². The van der Waals surface area contributed by atoms with Crippen LogP contribution in [0.4, 0.5) is 5.69 Å². The fraction of sp³-hybridized carbons (Fsp3) is 0.0769. The fourth-order valence-electron chi connectivity index (χ4n) is 1.71. The quantitative estimate of drug-likeness (QED) is 0.292. The Morgan fingerprint density at radius 2 is 2.24 bits per heavy atom. The van der Waals surface area contributed by atoms with E-state index in [9.17, 15) is 10.1 Å². The molecular formula is C13H12N4O4. The van der Waals surface area contributed by atoms with E-state index in [2.05, 4.69) is 10.1 Å². The van der Waals surface area contributed by atoms with Gasteiger partial charge in [-0.15, -0.1) is 0 Å². The summed E-state index contributed by atoms with van der Waals surface area (Å²) < 4.78 is 5.53. The van der Waals surface area contributed by atoms with E-state index in [1.54, 1.807) is 19.1 Å². The monoisotopic (exact) mass is 288 g/mol. The molecule has 0 bridgehead atoms. The van der Waals surface area contributed by atoms with Crippen molar-refractivity contribution in [2.45, 2.75) is 6.92 Å². The number of nitro benzene ring substituents is 1. The number of amidine groups is 1. The average Bonchev–Trinajstić information content (AvgIpc) is 2.48. The number of hydrogen-bond acceptors (Lipinski definition) is 6.